The first kappa shape index (κ1) is 15.3. The van der Waals surface area contributed by atoms with E-state index < -0.39 is 0 Å². The number of aryl methyl sites for hydroxylation is 1. The van der Waals surface area contributed by atoms with Crippen LogP contribution in [-0.2, 0) is 6.54 Å². The summed E-state index contributed by atoms with van der Waals surface area (Å²) >= 11 is 0. The summed E-state index contributed by atoms with van der Waals surface area (Å²) in [5.74, 6) is 0.745. The summed E-state index contributed by atoms with van der Waals surface area (Å²) < 4.78 is 7.37. The molecule has 0 bridgehead atoms. The summed E-state index contributed by atoms with van der Waals surface area (Å²) in [5, 5.41) is 7.94. The first-order valence-electron chi connectivity index (χ1n) is 7.86. The Labute approximate surface area is 135 Å². The van der Waals surface area contributed by atoms with Crippen molar-refractivity contribution in [3.05, 3.63) is 53.5 Å². The van der Waals surface area contributed by atoms with Gasteiger partial charge in [0.2, 0.25) is 0 Å². The average Bonchev–Trinajstić information content (AvgIpc) is 3.12. The third kappa shape index (κ3) is 3.13. The molecule has 1 N–H and O–H groups in total. The lowest BCUT2D eigenvalue weighted by Crippen LogP contribution is -2.27. The molecule has 2 aromatic heterocycles. The minimum Gasteiger partial charge on any atom is -0.360 e. The molecule has 0 atom stereocenters. The number of fused-ring (bicyclic) bond motifs is 1. The molecule has 0 radical (unpaired) electrons. The Kier molecular flexibility index (Phi) is 4.19. The highest BCUT2D eigenvalue weighted by molar-refractivity contribution is 5.92. The fourth-order valence-electron chi connectivity index (χ4n) is 2.69. The van der Waals surface area contributed by atoms with E-state index in [1.807, 2.05) is 26.0 Å². The molecular weight excluding hydrogens is 290 g/mol. The minimum absolute atomic E-state index is 0.199. The fraction of sp³-hybridized carbons (Fsp3) is 0.333. The highest BCUT2D eigenvalue weighted by Crippen LogP contribution is 2.19. The standard InChI is InChI=1S/C18H21N3O2/c1-12(2)17-11-15(20-23-17)18(22)19-8-9-21-13(3)10-14-6-4-5-7-16(14)21/h4-7,10-12H,8-9H2,1-3H3,(H,19,22). The van der Waals surface area contributed by atoms with Crippen LogP contribution >= 0.6 is 0 Å². The van der Waals surface area contributed by atoms with Crippen molar-refractivity contribution in [3.63, 3.8) is 0 Å². The lowest BCUT2D eigenvalue weighted by molar-refractivity contribution is 0.0943. The average molecular weight is 311 g/mol. The van der Waals surface area contributed by atoms with Crippen molar-refractivity contribution in [2.45, 2.75) is 33.2 Å². The van der Waals surface area contributed by atoms with E-state index >= 15 is 0 Å². The molecule has 0 spiro atoms. The highest BCUT2D eigenvalue weighted by atomic mass is 16.5. The molecule has 0 aliphatic heterocycles. The van der Waals surface area contributed by atoms with Crippen molar-refractivity contribution in [1.29, 1.82) is 0 Å². The molecule has 1 aromatic carbocycles. The molecule has 0 unspecified atom stereocenters. The van der Waals surface area contributed by atoms with Crippen LogP contribution < -0.4 is 5.32 Å². The number of amides is 1. The summed E-state index contributed by atoms with van der Waals surface area (Å²) in [5.41, 5.74) is 2.70. The number of carbonyl (C=O) groups is 1. The second-order valence-electron chi connectivity index (χ2n) is 6.02. The Hall–Kier alpha value is -2.56. The van der Waals surface area contributed by atoms with Crippen LogP contribution in [0.4, 0.5) is 0 Å². The Morgan fingerprint density at radius 2 is 2.09 bits per heavy atom. The highest BCUT2D eigenvalue weighted by Gasteiger charge is 2.14. The van der Waals surface area contributed by atoms with Crippen molar-refractivity contribution in [1.82, 2.24) is 15.0 Å². The predicted molar refractivity (Wildman–Crippen MR) is 89.6 cm³/mol. The summed E-state index contributed by atoms with van der Waals surface area (Å²) in [4.78, 5) is 12.1. The number of hydrogen-bond acceptors (Lipinski definition) is 3. The molecule has 120 valence electrons. The maximum absolute atomic E-state index is 12.1. The quantitative estimate of drug-likeness (QED) is 0.784. The van der Waals surface area contributed by atoms with Crippen LogP contribution in [0.2, 0.25) is 0 Å². The number of nitrogens with zero attached hydrogens (tertiary/aromatic N) is 2. The smallest absolute Gasteiger partial charge is 0.273 e. The van der Waals surface area contributed by atoms with E-state index in [0.717, 1.165) is 12.3 Å². The molecule has 0 saturated heterocycles. The maximum Gasteiger partial charge on any atom is 0.273 e. The van der Waals surface area contributed by atoms with Crippen LogP contribution in [0.1, 0.15) is 41.7 Å². The number of hydrogen-bond donors (Lipinski definition) is 1. The van der Waals surface area contributed by atoms with E-state index in [1.54, 1.807) is 6.07 Å². The molecule has 0 aliphatic rings. The van der Waals surface area contributed by atoms with Gasteiger partial charge in [0.15, 0.2) is 5.69 Å². The van der Waals surface area contributed by atoms with Gasteiger partial charge in [0.1, 0.15) is 5.76 Å². The monoisotopic (exact) mass is 311 g/mol. The van der Waals surface area contributed by atoms with Gasteiger partial charge in [-0.3, -0.25) is 4.79 Å². The summed E-state index contributed by atoms with van der Waals surface area (Å²) in [6, 6.07) is 12.1. The third-order valence-electron chi connectivity index (χ3n) is 3.97. The van der Waals surface area contributed by atoms with Crippen LogP contribution in [0.3, 0.4) is 0 Å². The van der Waals surface area contributed by atoms with Gasteiger partial charge in [-0.25, -0.2) is 0 Å². The Bertz CT molecular complexity index is 830. The first-order valence-corrected chi connectivity index (χ1v) is 7.86. The molecule has 0 fully saturated rings. The van der Waals surface area contributed by atoms with Gasteiger partial charge in [-0.1, -0.05) is 37.2 Å². The molecule has 3 aromatic rings. The minimum atomic E-state index is -0.199. The molecule has 0 aliphatic carbocycles. The van der Waals surface area contributed by atoms with E-state index in [1.165, 1.54) is 16.6 Å². The fourth-order valence-corrected chi connectivity index (χ4v) is 2.69. The molecule has 5 heteroatoms. The van der Waals surface area contributed by atoms with Crippen LogP contribution in [-0.4, -0.2) is 22.2 Å². The number of rotatable bonds is 5. The van der Waals surface area contributed by atoms with Crippen LogP contribution in [0.15, 0.2) is 40.9 Å². The van der Waals surface area contributed by atoms with Gasteiger partial charge < -0.3 is 14.4 Å². The van der Waals surface area contributed by atoms with Gasteiger partial charge in [0, 0.05) is 36.3 Å². The first-order chi connectivity index (χ1) is 11.1. The van der Waals surface area contributed by atoms with E-state index in [4.69, 9.17) is 4.52 Å². The Morgan fingerprint density at radius 3 is 2.83 bits per heavy atom. The Morgan fingerprint density at radius 1 is 1.30 bits per heavy atom. The normalized spacial score (nSPS) is 11.3. The van der Waals surface area contributed by atoms with Gasteiger partial charge >= 0.3 is 0 Å². The molecule has 0 saturated carbocycles. The van der Waals surface area contributed by atoms with Gasteiger partial charge in [0.05, 0.1) is 0 Å². The van der Waals surface area contributed by atoms with Gasteiger partial charge in [-0.05, 0) is 24.4 Å². The second kappa shape index (κ2) is 6.28. The zero-order chi connectivity index (χ0) is 16.4. The number of para-hydroxylation sites is 1. The zero-order valence-electron chi connectivity index (χ0n) is 13.7. The molecule has 5 nitrogen and oxygen atoms in total. The molecular formula is C18H21N3O2. The predicted octanol–water partition coefficient (Wildman–Crippen LogP) is 3.49. The van der Waals surface area contributed by atoms with E-state index in [-0.39, 0.29) is 11.8 Å². The van der Waals surface area contributed by atoms with E-state index in [9.17, 15) is 4.79 Å². The van der Waals surface area contributed by atoms with E-state index in [2.05, 4.69) is 40.2 Å². The van der Waals surface area contributed by atoms with Crippen molar-refractivity contribution in [2.24, 2.45) is 0 Å². The molecule has 23 heavy (non-hydrogen) atoms. The van der Waals surface area contributed by atoms with Crippen LogP contribution in [0.5, 0.6) is 0 Å². The summed E-state index contributed by atoms with van der Waals surface area (Å²) in [6.07, 6.45) is 0. The lowest BCUT2D eigenvalue weighted by atomic mass is 10.1. The molecule has 2 heterocycles. The van der Waals surface area contributed by atoms with Crippen LogP contribution in [0.25, 0.3) is 10.9 Å². The number of carbonyl (C=O) groups excluding carboxylic acids is 1. The van der Waals surface area contributed by atoms with Crippen molar-refractivity contribution in [2.75, 3.05) is 6.54 Å². The maximum atomic E-state index is 12.1. The molecule has 3 rings (SSSR count). The van der Waals surface area contributed by atoms with Crippen molar-refractivity contribution in [3.8, 4) is 0 Å². The number of nitrogens with one attached hydrogen (secondary N) is 1. The van der Waals surface area contributed by atoms with Crippen molar-refractivity contribution < 1.29 is 9.32 Å². The van der Waals surface area contributed by atoms with Gasteiger partial charge in [-0.2, -0.15) is 0 Å². The third-order valence-corrected chi connectivity index (χ3v) is 3.97. The van der Waals surface area contributed by atoms with E-state index in [0.29, 0.717) is 12.2 Å². The van der Waals surface area contributed by atoms with Gasteiger partial charge in [-0.15, -0.1) is 0 Å². The van der Waals surface area contributed by atoms with Gasteiger partial charge in [0.25, 0.3) is 5.91 Å². The lowest BCUT2D eigenvalue weighted by Gasteiger charge is -2.08. The number of benzene rings is 1. The number of aromatic nitrogens is 2. The summed E-state index contributed by atoms with van der Waals surface area (Å²) in [7, 11) is 0. The largest absolute Gasteiger partial charge is 0.360 e. The SMILES string of the molecule is Cc1cc2ccccc2n1CCNC(=O)c1cc(C(C)C)on1. The summed E-state index contributed by atoms with van der Waals surface area (Å²) in [6.45, 7) is 7.35. The molecule has 1 amide bonds. The van der Waals surface area contributed by atoms with Crippen molar-refractivity contribution >= 4 is 16.8 Å². The van der Waals surface area contributed by atoms with Crippen LogP contribution in [0, 0.1) is 6.92 Å². The Balaban J connectivity index is 1.64. The zero-order valence-corrected chi connectivity index (χ0v) is 13.7. The second-order valence-corrected chi connectivity index (χ2v) is 6.02. The topological polar surface area (TPSA) is 60.1 Å².